The van der Waals surface area contributed by atoms with Crippen LogP contribution in [0, 0.1) is 0 Å². The van der Waals surface area contributed by atoms with Gasteiger partial charge in [-0.05, 0) is 24.3 Å². The summed E-state index contributed by atoms with van der Waals surface area (Å²) in [6.45, 7) is 3.36. The summed E-state index contributed by atoms with van der Waals surface area (Å²) in [6.07, 6.45) is 6.76. The van der Waals surface area contributed by atoms with Crippen molar-refractivity contribution in [3.05, 3.63) is 65.2 Å². The summed E-state index contributed by atoms with van der Waals surface area (Å²) in [4.78, 5) is 23.3. The SMILES string of the molecule is O=C(/C=C/c1c(Cl)nc2ccccn12)NCc1cccnc1N1CCOCC1. The number of carbonyl (C=O) groups is 1. The molecule has 1 N–H and O–H groups in total. The van der Waals surface area contributed by atoms with Gasteiger partial charge in [-0.3, -0.25) is 9.20 Å². The van der Waals surface area contributed by atoms with E-state index in [0.717, 1.165) is 30.1 Å². The van der Waals surface area contributed by atoms with Crippen molar-refractivity contribution in [2.75, 3.05) is 31.2 Å². The predicted molar refractivity (Wildman–Crippen MR) is 108 cm³/mol. The molecule has 3 aromatic heterocycles. The lowest BCUT2D eigenvalue weighted by molar-refractivity contribution is -0.116. The number of nitrogens with one attached hydrogen (secondary N) is 1. The van der Waals surface area contributed by atoms with Gasteiger partial charge in [0.2, 0.25) is 5.91 Å². The summed E-state index contributed by atoms with van der Waals surface area (Å²) in [7, 11) is 0. The Hall–Kier alpha value is -2.90. The van der Waals surface area contributed by atoms with Crippen molar-refractivity contribution in [3.63, 3.8) is 0 Å². The molecule has 1 amide bonds. The highest BCUT2D eigenvalue weighted by molar-refractivity contribution is 6.31. The Bertz CT molecular complexity index is 1010. The molecule has 3 aromatic rings. The van der Waals surface area contributed by atoms with Crippen molar-refractivity contribution in [2.24, 2.45) is 0 Å². The Labute approximate surface area is 167 Å². The van der Waals surface area contributed by atoms with Gasteiger partial charge in [-0.15, -0.1) is 0 Å². The van der Waals surface area contributed by atoms with Crippen LogP contribution < -0.4 is 10.2 Å². The molecule has 1 aliphatic rings. The molecule has 0 bridgehead atoms. The molecule has 0 atom stereocenters. The summed E-state index contributed by atoms with van der Waals surface area (Å²) in [5.74, 6) is 0.679. The Kier molecular flexibility index (Phi) is 5.55. The van der Waals surface area contributed by atoms with Crippen molar-refractivity contribution < 1.29 is 9.53 Å². The number of aromatic nitrogens is 3. The average Bonchev–Trinajstić information content (AvgIpc) is 3.06. The average molecular weight is 398 g/mol. The molecule has 1 fully saturated rings. The Morgan fingerprint density at radius 1 is 1.25 bits per heavy atom. The van der Waals surface area contributed by atoms with Gasteiger partial charge in [0, 0.05) is 43.7 Å². The molecule has 1 saturated heterocycles. The molecule has 4 heterocycles. The van der Waals surface area contributed by atoms with E-state index in [9.17, 15) is 4.79 Å². The molecule has 4 rings (SSSR count). The fourth-order valence-electron chi connectivity index (χ4n) is 3.16. The van der Waals surface area contributed by atoms with Crippen molar-refractivity contribution in [3.8, 4) is 0 Å². The predicted octanol–water partition coefficient (Wildman–Crippen LogP) is 2.55. The van der Waals surface area contributed by atoms with Gasteiger partial charge in [0.15, 0.2) is 5.15 Å². The Morgan fingerprint density at radius 3 is 2.96 bits per heavy atom. The van der Waals surface area contributed by atoms with Gasteiger partial charge in [-0.25, -0.2) is 9.97 Å². The highest BCUT2D eigenvalue weighted by Crippen LogP contribution is 2.20. The fraction of sp³-hybridized carbons (Fsp3) is 0.250. The third kappa shape index (κ3) is 4.00. The van der Waals surface area contributed by atoms with Gasteiger partial charge >= 0.3 is 0 Å². The smallest absolute Gasteiger partial charge is 0.244 e. The first-order chi connectivity index (χ1) is 13.7. The number of anilines is 1. The number of hydrogen-bond acceptors (Lipinski definition) is 5. The van der Waals surface area contributed by atoms with E-state index in [2.05, 4.69) is 20.2 Å². The van der Waals surface area contributed by atoms with Crippen LogP contribution in [0.2, 0.25) is 5.15 Å². The van der Waals surface area contributed by atoms with E-state index in [-0.39, 0.29) is 5.91 Å². The van der Waals surface area contributed by atoms with E-state index in [1.54, 1.807) is 12.3 Å². The maximum atomic E-state index is 12.3. The van der Waals surface area contributed by atoms with E-state index >= 15 is 0 Å². The van der Waals surface area contributed by atoms with Gasteiger partial charge in [0.1, 0.15) is 11.5 Å². The molecule has 0 aromatic carbocycles. The lowest BCUT2D eigenvalue weighted by Crippen LogP contribution is -2.37. The minimum absolute atomic E-state index is 0.210. The number of morpholine rings is 1. The van der Waals surface area contributed by atoms with Gasteiger partial charge in [-0.2, -0.15) is 0 Å². The number of hydrogen-bond donors (Lipinski definition) is 1. The monoisotopic (exact) mass is 397 g/mol. The molecule has 0 spiro atoms. The number of rotatable bonds is 5. The molecule has 0 aliphatic carbocycles. The Morgan fingerprint density at radius 2 is 2.11 bits per heavy atom. The van der Waals surface area contributed by atoms with Crippen molar-refractivity contribution in [1.29, 1.82) is 0 Å². The van der Waals surface area contributed by atoms with Gasteiger partial charge in [0.25, 0.3) is 0 Å². The lowest BCUT2D eigenvalue weighted by Gasteiger charge is -2.29. The standard InChI is InChI=1S/C20H20ClN5O2/c21-19-16(26-9-2-1-5-17(26)24-19)6-7-18(27)23-14-15-4-3-8-22-20(15)25-10-12-28-13-11-25/h1-9H,10-14H2,(H,23,27)/b7-6+. The molecule has 1 aliphatic heterocycles. The highest BCUT2D eigenvalue weighted by atomic mass is 35.5. The summed E-state index contributed by atoms with van der Waals surface area (Å²) < 4.78 is 7.24. The number of ether oxygens (including phenoxy) is 1. The van der Waals surface area contributed by atoms with Crippen LogP contribution in [-0.2, 0) is 16.1 Å². The highest BCUT2D eigenvalue weighted by Gasteiger charge is 2.16. The third-order valence-corrected chi connectivity index (χ3v) is 4.82. The first kappa shape index (κ1) is 18.5. The zero-order chi connectivity index (χ0) is 19.3. The number of halogens is 1. The van der Waals surface area contributed by atoms with Crippen LogP contribution >= 0.6 is 11.6 Å². The van der Waals surface area contributed by atoms with Gasteiger partial charge in [0.05, 0.1) is 18.9 Å². The van der Waals surface area contributed by atoms with Gasteiger partial charge < -0.3 is 15.0 Å². The van der Waals surface area contributed by atoms with Crippen LogP contribution in [0.25, 0.3) is 11.7 Å². The third-order valence-electron chi connectivity index (χ3n) is 4.55. The van der Waals surface area contributed by atoms with Gasteiger partial charge in [-0.1, -0.05) is 23.7 Å². The van der Waals surface area contributed by atoms with E-state index in [4.69, 9.17) is 16.3 Å². The summed E-state index contributed by atoms with van der Waals surface area (Å²) in [5, 5.41) is 3.27. The number of carbonyl (C=O) groups excluding carboxylic acids is 1. The van der Waals surface area contributed by atoms with Crippen LogP contribution in [0.4, 0.5) is 5.82 Å². The zero-order valence-corrected chi connectivity index (χ0v) is 16.0. The molecular formula is C20H20ClN5O2. The lowest BCUT2D eigenvalue weighted by atomic mass is 10.2. The summed E-state index contributed by atoms with van der Waals surface area (Å²) in [6, 6.07) is 9.48. The number of amides is 1. The number of imidazole rings is 1. The van der Waals surface area contributed by atoms with E-state index in [1.165, 1.54) is 6.08 Å². The first-order valence-electron chi connectivity index (χ1n) is 9.07. The van der Waals surface area contributed by atoms with Crippen LogP contribution in [-0.4, -0.2) is 46.6 Å². The van der Waals surface area contributed by atoms with E-state index < -0.39 is 0 Å². The molecule has 144 valence electrons. The summed E-state index contributed by atoms with van der Waals surface area (Å²) >= 11 is 6.19. The quantitative estimate of drug-likeness (QED) is 0.670. The maximum absolute atomic E-state index is 12.3. The maximum Gasteiger partial charge on any atom is 0.244 e. The number of fused-ring (bicyclic) bond motifs is 1. The zero-order valence-electron chi connectivity index (χ0n) is 15.2. The van der Waals surface area contributed by atoms with Crippen LogP contribution in [0.3, 0.4) is 0 Å². The molecule has 0 saturated carbocycles. The second-order valence-corrected chi connectivity index (χ2v) is 6.71. The molecular weight excluding hydrogens is 378 g/mol. The molecule has 0 unspecified atom stereocenters. The second kappa shape index (κ2) is 8.41. The van der Waals surface area contributed by atoms with Crippen molar-refractivity contribution in [2.45, 2.75) is 6.54 Å². The minimum atomic E-state index is -0.210. The largest absolute Gasteiger partial charge is 0.378 e. The number of pyridine rings is 2. The molecule has 7 nitrogen and oxygen atoms in total. The van der Waals surface area contributed by atoms with Crippen LogP contribution in [0.1, 0.15) is 11.3 Å². The van der Waals surface area contributed by atoms with E-state index in [0.29, 0.717) is 30.6 Å². The van der Waals surface area contributed by atoms with Crippen molar-refractivity contribution >= 4 is 35.0 Å². The molecule has 8 heteroatoms. The van der Waals surface area contributed by atoms with Crippen LogP contribution in [0.15, 0.2) is 48.8 Å². The second-order valence-electron chi connectivity index (χ2n) is 6.35. The Balaban J connectivity index is 1.44. The van der Waals surface area contributed by atoms with Crippen molar-refractivity contribution in [1.82, 2.24) is 19.7 Å². The topological polar surface area (TPSA) is 71.8 Å². The van der Waals surface area contributed by atoms with E-state index in [1.807, 2.05) is 40.9 Å². The van der Waals surface area contributed by atoms with Crippen LogP contribution in [0.5, 0.6) is 0 Å². The molecule has 0 radical (unpaired) electrons. The fourth-order valence-corrected chi connectivity index (χ4v) is 3.40. The normalized spacial score (nSPS) is 14.7. The first-order valence-corrected chi connectivity index (χ1v) is 9.45. The molecule has 28 heavy (non-hydrogen) atoms. The minimum Gasteiger partial charge on any atom is -0.378 e. The summed E-state index contributed by atoms with van der Waals surface area (Å²) in [5.41, 5.74) is 2.37. The number of nitrogens with zero attached hydrogens (tertiary/aromatic N) is 4.